The summed E-state index contributed by atoms with van der Waals surface area (Å²) in [5.74, 6) is 3.77. The second kappa shape index (κ2) is 9.12. The van der Waals surface area contributed by atoms with Crippen LogP contribution >= 0.6 is 11.8 Å². The fraction of sp³-hybridized carbons (Fsp3) is 0.692. The van der Waals surface area contributed by atoms with E-state index in [4.69, 9.17) is 5.26 Å². The number of hydrogen-bond donors (Lipinski definition) is 1. The molecule has 0 aromatic carbocycles. The Bertz CT molecular complexity index is 341. The number of unbranched alkanes of at least 4 members (excludes halogenated alkanes) is 2. The molecule has 0 aliphatic rings. The summed E-state index contributed by atoms with van der Waals surface area (Å²) in [6.45, 7) is 3.23. The molecule has 1 aromatic rings. The van der Waals surface area contributed by atoms with Gasteiger partial charge in [0.05, 0.1) is 12.6 Å². The quantitative estimate of drug-likeness (QED) is 0.542. The maximum atomic E-state index is 8.48. The van der Waals surface area contributed by atoms with Crippen molar-refractivity contribution in [3.63, 3.8) is 0 Å². The molecule has 0 unspecified atom stereocenters. The highest BCUT2D eigenvalue weighted by Gasteiger charge is 2.09. The lowest BCUT2D eigenvalue weighted by molar-refractivity contribution is -0.703. The van der Waals surface area contributed by atoms with Gasteiger partial charge in [0.15, 0.2) is 0 Å². The van der Waals surface area contributed by atoms with E-state index >= 15 is 0 Å². The van der Waals surface area contributed by atoms with Gasteiger partial charge in [-0.3, -0.25) is 0 Å². The SMILES string of the molecule is CCSCCCc1[nH]cc[n+]1CCCCC#N. The van der Waals surface area contributed by atoms with E-state index < -0.39 is 0 Å². The number of nitrogens with zero attached hydrogens (tertiary/aromatic N) is 2. The Labute approximate surface area is 108 Å². The van der Waals surface area contributed by atoms with Crippen LogP contribution < -0.4 is 4.57 Å². The van der Waals surface area contributed by atoms with Gasteiger partial charge in [-0.25, -0.2) is 9.55 Å². The largest absolute Gasteiger partial charge is 0.254 e. The van der Waals surface area contributed by atoms with Gasteiger partial charge in [-0.15, -0.1) is 0 Å². The van der Waals surface area contributed by atoms with E-state index in [1.165, 1.54) is 23.8 Å². The molecule has 1 heterocycles. The average Bonchev–Trinajstić information content (AvgIpc) is 2.78. The van der Waals surface area contributed by atoms with Crippen molar-refractivity contribution in [1.82, 2.24) is 4.98 Å². The highest BCUT2D eigenvalue weighted by molar-refractivity contribution is 7.99. The molecule has 0 bridgehead atoms. The summed E-state index contributed by atoms with van der Waals surface area (Å²) in [6, 6.07) is 2.19. The van der Waals surface area contributed by atoms with Crippen LogP contribution in [0.3, 0.4) is 0 Å². The summed E-state index contributed by atoms with van der Waals surface area (Å²) in [4.78, 5) is 3.31. The maximum absolute atomic E-state index is 8.48. The standard InChI is InChI=1S/C13H21N3S/c1-2-17-12-6-7-13-15-9-11-16(13)10-5-3-4-8-14/h9,11H,2-7,10,12H2,1H3/p+1. The topological polar surface area (TPSA) is 43.5 Å². The Morgan fingerprint density at radius 1 is 1.41 bits per heavy atom. The number of H-pyrrole nitrogens is 1. The van der Waals surface area contributed by atoms with Crippen LogP contribution in [-0.4, -0.2) is 16.5 Å². The molecule has 0 spiro atoms. The molecule has 94 valence electrons. The zero-order valence-corrected chi connectivity index (χ0v) is 11.4. The van der Waals surface area contributed by atoms with Crippen molar-refractivity contribution in [1.29, 1.82) is 5.26 Å². The molecule has 1 rings (SSSR count). The lowest BCUT2D eigenvalue weighted by Gasteiger charge is -2.00. The Hall–Kier alpha value is -0.950. The first-order valence-corrected chi connectivity index (χ1v) is 7.54. The van der Waals surface area contributed by atoms with Crippen LogP contribution in [0.25, 0.3) is 0 Å². The van der Waals surface area contributed by atoms with Crippen molar-refractivity contribution in [2.75, 3.05) is 11.5 Å². The summed E-state index contributed by atoms with van der Waals surface area (Å²) in [7, 11) is 0. The molecule has 4 heteroatoms. The molecule has 0 atom stereocenters. The van der Waals surface area contributed by atoms with E-state index in [0.717, 1.165) is 25.8 Å². The average molecular weight is 252 g/mol. The first-order chi connectivity index (χ1) is 8.38. The fourth-order valence-corrected chi connectivity index (χ4v) is 2.43. The minimum absolute atomic E-state index is 0.674. The number of aromatic amines is 1. The normalized spacial score (nSPS) is 10.4. The minimum Gasteiger partial charge on any atom is -0.248 e. The molecule has 0 fully saturated rings. The number of hydrogen-bond acceptors (Lipinski definition) is 2. The van der Waals surface area contributed by atoms with Gasteiger partial charge in [-0.2, -0.15) is 17.0 Å². The molecular weight excluding hydrogens is 230 g/mol. The van der Waals surface area contributed by atoms with Gasteiger partial charge in [-0.05, 0) is 30.8 Å². The smallest absolute Gasteiger partial charge is 0.248 e. The van der Waals surface area contributed by atoms with Crippen molar-refractivity contribution in [2.45, 2.75) is 45.6 Å². The Balaban J connectivity index is 2.25. The summed E-state index contributed by atoms with van der Waals surface area (Å²) in [6.07, 6.45) is 9.23. The van der Waals surface area contributed by atoms with E-state index in [1.54, 1.807) is 0 Å². The molecule has 3 nitrogen and oxygen atoms in total. The van der Waals surface area contributed by atoms with Crippen LogP contribution in [0.5, 0.6) is 0 Å². The van der Waals surface area contributed by atoms with Gasteiger partial charge in [0, 0.05) is 12.8 Å². The number of thioether (sulfide) groups is 1. The highest BCUT2D eigenvalue weighted by atomic mass is 32.2. The number of rotatable bonds is 9. The number of nitrogens with one attached hydrogen (secondary N) is 1. The third-order valence-electron chi connectivity index (χ3n) is 2.70. The van der Waals surface area contributed by atoms with Gasteiger partial charge < -0.3 is 0 Å². The van der Waals surface area contributed by atoms with Crippen LogP contribution in [-0.2, 0) is 13.0 Å². The van der Waals surface area contributed by atoms with Gasteiger partial charge in [0.25, 0.3) is 5.82 Å². The number of aromatic nitrogens is 2. The lowest BCUT2D eigenvalue weighted by Crippen LogP contribution is -2.36. The number of nitriles is 1. The Morgan fingerprint density at radius 2 is 2.29 bits per heavy atom. The predicted octanol–water partition coefficient (Wildman–Crippen LogP) is 2.68. The summed E-state index contributed by atoms with van der Waals surface area (Å²) < 4.78 is 2.29. The first-order valence-electron chi connectivity index (χ1n) is 6.39. The van der Waals surface area contributed by atoms with Crippen LogP contribution in [0, 0.1) is 11.3 Å². The van der Waals surface area contributed by atoms with Crippen LogP contribution in [0.4, 0.5) is 0 Å². The molecule has 0 saturated carbocycles. The second-order valence-corrected chi connectivity index (χ2v) is 5.41. The molecule has 0 radical (unpaired) electrons. The Morgan fingerprint density at radius 3 is 3.06 bits per heavy atom. The summed E-state index contributed by atoms with van der Waals surface area (Å²) in [5, 5.41) is 8.48. The van der Waals surface area contributed by atoms with Gasteiger partial charge in [0.2, 0.25) is 0 Å². The first kappa shape index (κ1) is 14.1. The zero-order chi connectivity index (χ0) is 12.3. The molecule has 1 aromatic heterocycles. The van der Waals surface area contributed by atoms with Crippen molar-refractivity contribution < 1.29 is 4.57 Å². The molecule has 0 aliphatic heterocycles. The molecule has 0 saturated heterocycles. The maximum Gasteiger partial charge on any atom is 0.254 e. The molecular formula is C13H22N3S+. The molecule has 17 heavy (non-hydrogen) atoms. The van der Waals surface area contributed by atoms with Crippen LogP contribution in [0.1, 0.15) is 38.4 Å². The fourth-order valence-electron chi connectivity index (χ4n) is 1.79. The van der Waals surface area contributed by atoms with Crippen LogP contribution in [0.15, 0.2) is 12.4 Å². The van der Waals surface area contributed by atoms with E-state index in [9.17, 15) is 0 Å². The second-order valence-electron chi connectivity index (χ2n) is 4.02. The van der Waals surface area contributed by atoms with Gasteiger partial charge in [-0.1, -0.05) is 6.92 Å². The van der Waals surface area contributed by atoms with Crippen molar-refractivity contribution in [3.8, 4) is 6.07 Å². The lowest BCUT2D eigenvalue weighted by atomic mass is 10.2. The Kier molecular flexibility index (Phi) is 7.57. The van der Waals surface area contributed by atoms with E-state index in [2.05, 4.69) is 28.7 Å². The molecule has 0 amide bonds. The van der Waals surface area contributed by atoms with Gasteiger partial charge in [0.1, 0.15) is 12.4 Å². The summed E-state index contributed by atoms with van der Waals surface area (Å²) in [5.41, 5.74) is 0. The third kappa shape index (κ3) is 5.78. The minimum atomic E-state index is 0.674. The monoisotopic (exact) mass is 252 g/mol. The molecule has 1 N–H and O–H groups in total. The number of aryl methyl sites for hydroxylation is 2. The van der Waals surface area contributed by atoms with E-state index in [1.807, 2.05) is 18.0 Å². The van der Waals surface area contributed by atoms with Crippen LogP contribution in [0.2, 0.25) is 0 Å². The number of imidazole rings is 1. The van der Waals surface area contributed by atoms with Crippen molar-refractivity contribution >= 4 is 11.8 Å². The third-order valence-corrected chi connectivity index (χ3v) is 3.68. The van der Waals surface area contributed by atoms with Crippen molar-refractivity contribution in [2.24, 2.45) is 0 Å². The van der Waals surface area contributed by atoms with E-state index in [0.29, 0.717) is 6.42 Å². The highest BCUT2D eigenvalue weighted by Crippen LogP contribution is 2.04. The predicted molar refractivity (Wildman–Crippen MR) is 71.8 cm³/mol. The van der Waals surface area contributed by atoms with Gasteiger partial charge >= 0.3 is 0 Å². The summed E-state index contributed by atoms with van der Waals surface area (Å²) >= 11 is 2.00. The van der Waals surface area contributed by atoms with Crippen molar-refractivity contribution in [3.05, 3.63) is 18.2 Å². The zero-order valence-electron chi connectivity index (χ0n) is 10.6. The van der Waals surface area contributed by atoms with E-state index in [-0.39, 0.29) is 0 Å². The molecule has 0 aliphatic carbocycles.